The first-order valence-electron chi connectivity index (χ1n) is 5.84. The average Bonchev–Trinajstić information content (AvgIpc) is 2.78. The molecule has 1 aromatic rings. The highest BCUT2D eigenvalue weighted by atomic mass is 16.2. The minimum atomic E-state index is 0.104. The van der Waals surface area contributed by atoms with Crippen molar-refractivity contribution in [1.82, 2.24) is 20.0 Å². The second-order valence-electron chi connectivity index (χ2n) is 3.98. The highest BCUT2D eigenvalue weighted by Gasteiger charge is 2.20. The molecule has 1 N–H and O–H groups in total. The molecule has 88 valence electrons. The molecule has 0 bridgehead atoms. The van der Waals surface area contributed by atoms with E-state index < -0.39 is 0 Å². The van der Waals surface area contributed by atoms with Crippen LogP contribution in [0, 0.1) is 0 Å². The molecule has 2 rings (SSSR count). The topological polar surface area (TPSA) is 50.2 Å². The van der Waals surface area contributed by atoms with Crippen molar-refractivity contribution in [3.05, 3.63) is 18.0 Å². The summed E-state index contributed by atoms with van der Waals surface area (Å²) >= 11 is 0. The Balaban J connectivity index is 2.09. The van der Waals surface area contributed by atoms with Gasteiger partial charge in [-0.15, -0.1) is 0 Å². The molecule has 0 radical (unpaired) electrons. The van der Waals surface area contributed by atoms with Crippen molar-refractivity contribution in [2.24, 2.45) is 0 Å². The maximum absolute atomic E-state index is 12.2. The molecule has 16 heavy (non-hydrogen) atoms. The number of carbonyl (C=O) groups is 1. The molecule has 0 atom stereocenters. The van der Waals surface area contributed by atoms with Crippen molar-refractivity contribution in [3.8, 4) is 0 Å². The third-order valence-electron chi connectivity index (χ3n) is 2.78. The lowest BCUT2D eigenvalue weighted by Gasteiger charge is -2.27. The van der Waals surface area contributed by atoms with Gasteiger partial charge in [0.15, 0.2) is 0 Å². The van der Waals surface area contributed by atoms with Crippen LogP contribution in [0.5, 0.6) is 0 Å². The zero-order valence-corrected chi connectivity index (χ0v) is 9.65. The number of hydrogen-bond donors (Lipinski definition) is 1. The van der Waals surface area contributed by atoms with E-state index in [1.165, 1.54) is 0 Å². The van der Waals surface area contributed by atoms with Gasteiger partial charge in [-0.25, -0.2) is 0 Å². The SMILES string of the molecule is CCCn1nccc1C(=O)N1CCNCC1. The van der Waals surface area contributed by atoms with E-state index in [1.807, 2.05) is 4.90 Å². The number of hydrogen-bond acceptors (Lipinski definition) is 3. The predicted octanol–water partition coefficient (Wildman–Crippen LogP) is 0.339. The summed E-state index contributed by atoms with van der Waals surface area (Å²) in [7, 11) is 0. The summed E-state index contributed by atoms with van der Waals surface area (Å²) in [6, 6.07) is 1.81. The van der Waals surface area contributed by atoms with E-state index >= 15 is 0 Å². The summed E-state index contributed by atoms with van der Waals surface area (Å²) < 4.78 is 1.80. The van der Waals surface area contributed by atoms with Crippen molar-refractivity contribution in [1.29, 1.82) is 0 Å². The van der Waals surface area contributed by atoms with Gasteiger partial charge in [-0.2, -0.15) is 5.10 Å². The van der Waals surface area contributed by atoms with E-state index in [1.54, 1.807) is 16.9 Å². The first-order valence-corrected chi connectivity index (χ1v) is 5.84. The molecular formula is C11H18N4O. The molecule has 0 unspecified atom stereocenters. The third kappa shape index (κ3) is 2.24. The Morgan fingerprint density at radius 2 is 2.25 bits per heavy atom. The number of aryl methyl sites for hydroxylation is 1. The normalized spacial score (nSPS) is 16.4. The fourth-order valence-corrected chi connectivity index (χ4v) is 1.93. The van der Waals surface area contributed by atoms with E-state index in [0.717, 1.165) is 39.1 Å². The lowest BCUT2D eigenvalue weighted by atomic mass is 10.3. The Morgan fingerprint density at radius 1 is 1.50 bits per heavy atom. The van der Waals surface area contributed by atoms with Crippen LogP contribution >= 0.6 is 0 Å². The number of carbonyl (C=O) groups excluding carboxylic acids is 1. The van der Waals surface area contributed by atoms with Gasteiger partial charge in [0.2, 0.25) is 0 Å². The summed E-state index contributed by atoms with van der Waals surface area (Å²) in [4.78, 5) is 14.1. The van der Waals surface area contributed by atoms with Crippen LogP contribution in [0.1, 0.15) is 23.8 Å². The molecular weight excluding hydrogens is 204 g/mol. The molecule has 0 spiro atoms. The molecule has 1 fully saturated rings. The van der Waals surface area contributed by atoms with E-state index in [9.17, 15) is 4.79 Å². The number of rotatable bonds is 3. The van der Waals surface area contributed by atoms with Crippen molar-refractivity contribution < 1.29 is 4.79 Å². The van der Waals surface area contributed by atoms with Gasteiger partial charge in [-0.05, 0) is 12.5 Å². The van der Waals surface area contributed by atoms with Gasteiger partial charge in [-0.3, -0.25) is 9.48 Å². The van der Waals surface area contributed by atoms with Crippen LogP contribution in [0.25, 0.3) is 0 Å². The standard InChI is InChI=1S/C11H18N4O/c1-2-7-15-10(3-4-13-15)11(16)14-8-5-12-6-9-14/h3-4,12H,2,5-9H2,1H3. The van der Waals surface area contributed by atoms with Crippen molar-refractivity contribution >= 4 is 5.91 Å². The van der Waals surface area contributed by atoms with Crippen molar-refractivity contribution in [3.63, 3.8) is 0 Å². The van der Waals surface area contributed by atoms with Crippen molar-refractivity contribution in [2.75, 3.05) is 26.2 Å². The molecule has 1 saturated heterocycles. The maximum atomic E-state index is 12.2. The summed E-state index contributed by atoms with van der Waals surface area (Å²) in [6.07, 6.45) is 2.69. The van der Waals surface area contributed by atoms with E-state index in [2.05, 4.69) is 17.3 Å². The maximum Gasteiger partial charge on any atom is 0.272 e. The molecule has 1 aliphatic rings. The van der Waals surface area contributed by atoms with Crippen LogP contribution in [0.3, 0.4) is 0 Å². The molecule has 1 amide bonds. The quantitative estimate of drug-likeness (QED) is 0.802. The molecule has 1 aromatic heterocycles. The lowest BCUT2D eigenvalue weighted by Crippen LogP contribution is -2.46. The minimum absolute atomic E-state index is 0.104. The van der Waals surface area contributed by atoms with Gasteiger partial charge in [0.25, 0.3) is 5.91 Å². The Bertz CT molecular complexity index is 355. The van der Waals surface area contributed by atoms with Crippen LogP contribution < -0.4 is 5.32 Å². The van der Waals surface area contributed by atoms with E-state index in [4.69, 9.17) is 0 Å². The Kier molecular flexibility index (Phi) is 3.56. The minimum Gasteiger partial charge on any atom is -0.335 e. The first kappa shape index (κ1) is 11.1. The Morgan fingerprint density at radius 3 is 2.94 bits per heavy atom. The van der Waals surface area contributed by atoms with Crippen molar-refractivity contribution in [2.45, 2.75) is 19.9 Å². The number of nitrogens with one attached hydrogen (secondary N) is 1. The average molecular weight is 222 g/mol. The fourth-order valence-electron chi connectivity index (χ4n) is 1.93. The number of nitrogens with zero attached hydrogens (tertiary/aromatic N) is 3. The first-order chi connectivity index (χ1) is 7.83. The van der Waals surface area contributed by atoms with E-state index in [0.29, 0.717) is 5.69 Å². The van der Waals surface area contributed by atoms with Crippen LogP contribution in [0.15, 0.2) is 12.3 Å². The van der Waals surface area contributed by atoms with Crippen LogP contribution in [0.2, 0.25) is 0 Å². The Hall–Kier alpha value is -1.36. The molecule has 0 aliphatic carbocycles. The fraction of sp³-hybridized carbons (Fsp3) is 0.636. The van der Waals surface area contributed by atoms with Gasteiger partial charge in [-0.1, -0.05) is 6.92 Å². The smallest absolute Gasteiger partial charge is 0.272 e. The van der Waals surface area contributed by atoms with E-state index in [-0.39, 0.29) is 5.91 Å². The highest BCUT2D eigenvalue weighted by Crippen LogP contribution is 2.06. The number of piperazine rings is 1. The molecule has 2 heterocycles. The monoisotopic (exact) mass is 222 g/mol. The second-order valence-corrected chi connectivity index (χ2v) is 3.98. The predicted molar refractivity (Wildman–Crippen MR) is 61.3 cm³/mol. The molecule has 5 heteroatoms. The zero-order valence-electron chi connectivity index (χ0n) is 9.65. The lowest BCUT2D eigenvalue weighted by molar-refractivity contribution is 0.0723. The van der Waals surface area contributed by atoms with Gasteiger partial charge < -0.3 is 10.2 Å². The molecule has 1 aliphatic heterocycles. The molecule has 0 saturated carbocycles. The summed E-state index contributed by atoms with van der Waals surface area (Å²) in [5.74, 6) is 0.104. The van der Waals surface area contributed by atoms with Crippen LogP contribution in [-0.4, -0.2) is 46.8 Å². The molecule has 5 nitrogen and oxygen atoms in total. The zero-order chi connectivity index (χ0) is 11.4. The second kappa shape index (κ2) is 5.12. The summed E-state index contributed by atoms with van der Waals surface area (Å²) in [6.45, 7) is 6.23. The summed E-state index contributed by atoms with van der Waals surface area (Å²) in [5.41, 5.74) is 0.712. The molecule has 0 aromatic carbocycles. The Labute approximate surface area is 95.4 Å². The van der Waals surface area contributed by atoms with Gasteiger partial charge in [0, 0.05) is 38.9 Å². The summed E-state index contributed by atoms with van der Waals surface area (Å²) in [5, 5.41) is 7.41. The highest BCUT2D eigenvalue weighted by molar-refractivity contribution is 5.92. The number of amides is 1. The van der Waals surface area contributed by atoms with Gasteiger partial charge in [0.1, 0.15) is 5.69 Å². The number of aromatic nitrogens is 2. The largest absolute Gasteiger partial charge is 0.335 e. The van der Waals surface area contributed by atoms with Gasteiger partial charge in [0.05, 0.1) is 0 Å². The van der Waals surface area contributed by atoms with Gasteiger partial charge >= 0.3 is 0 Å². The van der Waals surface area contributed by atoms with Crippen LogP contribution in [-0.2, 0) is 6.54 Å². The van der Waals surface area contributed by atoms with Crippen LogP contribution in [0.4, 0.5) is 0 Å². The third-order valence-corrected chi connectivity index (χ3v) is 2.78.